The molecule has 1 atom stereocenters. The van der Waals surface area contributed by atoms with Crippen LogP contribution in [-0.4, -0.2) is 43.0 Å². The van der Waals surface area contributed by atoms with Gasteiger partial charge in [0, 0.05) is 30.9 Å². The Morgan fingerprint density at radius 3 is 2.71 bits per heavy atom. The van der Waals surface area contributed by atoms with Gasteiger partial charge in [0.15, 0.2) is 0 Å². The van der Waals surface area contributed by atoms with Crippen LogP contribution >= 0.6 is 11.3 Å². The largest absolute Gasteiger partial charge is 0.469 e. The summed E-state index contributed by atoms with van der Waals surface area (Å²) in [6, 6.07) is 4.35. The molecule has 0 aromatic carbocycles. The van der Waals surface area contributed by atoms with Gasteiger partial charge in [0.1, 0.15) is 0 Å². The van der Waals surface area contributed by atoms with Gasteiger partial charge in [-0.1, -0.05) is 6.07 Å². The predicted octanol–water partition coefficient (Wildman–Crippen LogP) is 1.95. The smallest absolute Gasteiger partial charge is 0.307 e. The first kappa shape index (κ1) is 16.0. The molecule has 1 unspecified atom stereocenters. The molecule has 1 aromatic heterocycles. The molecule has 0 radical (unpaired) electrons. The van der Waals surface area contributed by atoms with Crippen LogP contribution < -0.4 is 5.32 Å². The number of ether oxygens (including phenoxy) is 1. The average molecular weight is 310 g/mol. The van der Waals surface area contributed by atoms with Gasteiger partial charge < -0.3 is 15.0 Å². The van der Waals surface area contributed by atoms with Gasteiger partial charge in [-0.2, -0.15) is 0 Å². The zero-order valence-electron chi connectivity index (χ0n) is 12.5. The highest BCUT2D eigenvalue weighted by Gasteiger charge is 2.25. The van der Waals surface area contributed by atoms with Crippen LogP contribution in [-0.2, 0) is 14.3 Å². The van der Waals surface area contributed by atoms with Crippen LogP contribution in [0.25, 0.3) is 0 Å². The Labute approximate surface area is 129 Å². The van der Waals surface area contributed by atoms with Crippen LogP contribution in [0.5, 0.6) is 0 Å². The number of hydrogen-bond donors (Lipinski definition) is 1. The first-order chi connectivity index (χ1) is 10.1. The minimum absolute atomic E-state index is 0.00803. The van der Waals surface area contributed by atoms with Crippen LogP contribution in [0.3, 0.4) is 0 Å². The minimum Gasteiger partial charge on any atom is -0.469 e. The molecule has 0 aliphatic carbocycles. The maximum Gasteiger partial charge on any atom is 0.307 e. The number of rotatable bonds is 5. The molecule has 2 rings (SSSR count). The Morgan fingerprint density at radius 1 is 1.48 bits per heavy atom. The molecule has 1 amide bonds. The molecule has 1 aliphatic heterocycles. The SMILES string of the molecule is COC(=O)CC(NC1CCN(C(C)=O)CC1)c1cccs1. The second kappa shape index (κ2) is 7.56. The highest BCUT2D eigenvalue weighted by atomic mass is 32.1. The number of thiophene rings is 1. The zero-order valence-corrected chi connectivity index (χ0v) is 13.3. The lowest BCUT2D eigenvalue weighted by Crippen LogP contribution is -2.45. The second-order valence-corrected chi connectivity index (χ2v) is 6.27. The van der Waals surface area contributed by atoms with Crippen molar-refractivity contribution in [2.75, 3.05) is 20.2 Å². The molecule has 116 valence electrons. The van der Waals surface area contributed by atoms with Gasteiger partial charge in [0.2, 0.25) is 5.91 Å². The fourth-order valence-electron chi connectivity index (χ4n) is 2.63. The van der Waals surface area contributed by atoms with Gasteiger partial charge >= 0.3 is 5.97 Å². The Kier molecular flexibility index (Phi) is 5.76. The summed E-state index contributed by atoms with van der Waals surface area (Å²) in [5.74, 6) is -0.0695. The molecule has 1 aliphatic rings. The summed E-state index contributed by atoms with van der Waals surface area (Å²) in [4.78, 5) is 26.0. The molecule has 1 fully saturated rings. The normalized spacial score (nSPS) is 17.5. The number of carbonyl (C=O) groups excluding carboxylic acids is 2. The number of nitrogens with zero attached hydrogens (tertiary/aromatic N) is 1. The maximum atomic E-state index is 11.6. The number of esters is 1. The van der Waals surface area contributed by atoms with E-state index in [0.29, 0.717) is 12.5 Å². The molecule has 6 heteroatoms. The monoisotopic (exact) mass is 310 g/mol. The van der Waals surface area contributed by atoms with Gasteiger partial charge in [-0.3, -0.25) is 9.59 Å². The number of nitrogens with one attached hydrogen (secondary N) is 1. The molecule has 0 saturated carbocycles. The van der Waals surface area contributed by atoms with Gasteiger partial charge in [-0.05, 0) is 24.3 Å². The number of piperidine rings is 1. The summed E-state index contributed by atoms with van der Waals surface area (Å²) in [5, 5.41) is 5.57. The van der Waals surface area contributed by atoms with Gasteiger partial charge in [0.05, 0.1) is 19.6 Å². The van der Waals surface area contributed by atoms with Crippen LogP contribution in [0.4, 0.5) is 0 Å². The van der Waals surface area contributed by atoms with E-state index in [2.05, 4.69) is 5.32 Å². The van der Waals surface area contributed by atoms with Crippen molar-refractivity contribution in [3.63, 3.8) is 0 Å². The van der Waals surface area contributed by atoms with E-state index in [4.69, 9.17) is 4.74 Å². The van der Waals surface area contributed by atoms with Crippen molar-refractivity contribution in [1.29, 1.82) is 0 Å². The van der Waals surface area contributed by atoms with E-state index in [0.717, 1.165) is 30.8 Å². The van der Waals surface area contributed by atoms with Crippen LogP contribution in [0.15, 0.2) is 17.5 Å². The van der Waals surface area contributed by atoms with Gasteiger partial charge in [0.25, 0.3) is 0 Å². The third-order valence-electron chi connectivity index (χ3n) is 3.86. The molecule has 1 aromatic rings. The summed E-state index contributed by atoms with van der Waals surface area (Å²) in [6.45, 7) is 3.17. The summed E-state index contributed by atoms with van der Waals surface area (Å²) in [7, 11) is 1.42. The standard InChI is InChI=1S/C15H22N2O3S/c1-11(18)17-7-5-12(6-8-17)16-13(10-15(19)20-2)14-4-3-9-21-14/h3-4,9,12-13,16H,5-8,10H2,1-2H3. The number of methoxy groups -OCH3 is 1. The zero-order chi connectivity index (χ0) is 15.2. The van der Waals surface area contributed by atoms with E-state index in [1.54, 1.807) is 18.3 Å². The van der Waals surface area contributed by atoms with Crippen molar-refractivity contribution in [3.05, 3.63) is 22.4 Å². The van der Waals surface area contributed by atoms with Crippen LogP contribution in [0.1, 0.15) is 37.1 Å². The topological polar surface area (TPSA) is 58.6 Å². The van der Waals surface area contributed by atoms with Crippen molar-refractivity contribution in [2.45, 2.75) is 38.3 Å². The molecule has 2 heterocycles. The Morgan fingerprint density at radius 2 is 2.19 bits per heavy atom. The average Bonchev–Trinajstić information content (AvgIpc) is 3.01. The number of likely N-dealkylation sites (tertiary alicyclic amines) is 1. The first-order valence-electron chi connectivity index (χ1n) is 7.22. The highest BCUT2D eigenvalue weighted by Crippen LogP contribution is 2.25. The Bertz CT molecular complexity index is 467. The molecule has 0 bridgehead atoms. The molecule has 1 N–H and O–H groups in total. The number of carbonyl (C=O) groups is 2. The van der Waals surface area contributed by atoms with Crippen molar-refractivity contribution >= 4 is 23.2 Å². The molecular weight excluding hydrogens is 288 g/mol. The van der Waals surface area contributed by atoms with Crippen molar-refractivity contribution in [1.82, 2.24) is 10.2 Å². The van der Waals surface area contributed by atoms with Crippen molar-refractivity contribution in [3.8, 4) is 0 Å². The third kappa shape index (κ3) is 4.54. The molecule has 5 nitrogen and oxygen atoms in total. The lowest BCUT2D eigenvalue weighted by atomic mass is 10.0. The third-order valence-corrected chi connectivity index (χ3v) is 4.85. The minimum atomic E-state index is -0.206. The molecule has 21 heavy (non-hydrogen) atoms. The van der Waals surface area contributed by atoms with Crippen LogP contribution in [0, 0.1) is 0 Å². The van der Waals surface area contributed by atoms with E-state index < -0.39 is 0 Å². The first-order valence-corrected chi connectivity index (χ1v) is 8.10. The molecular formula is C15H22N2O3S. The van der Waals surface area contributed by atoms with E-state index in [1.165, 1.54) is 7.11 Å². The van der Waals surface area contributed by atoms with E-state index in [9.17, 15) is 9.59 Å². The summed E-state index contributed by atoms with van der Waals surface area (Å²) >= 11 is 1.64. The number of hydrogen-bond acceptors (Lipinski definition) is 5. The number of amides is 1. The summed E-state index contributed by atoms with van der Waals surface area (Å²) in [5.41, 5.74) is 0. The van der Waals surface area contributed by atoms with E-state index >= 15 is 0 Å². The van der Waals surface area contributed by atoms with Gasteiger partial charge in [-0.15, -0.1) is 11.3 Å². The Hall–Kier alpha value is -1.40. The van der Waals surface area contributed by atoms with Gasteiger partial charge in [-0.25, -0.2) is 0 Å². The van der Waals surface area contributed by atoms with Crippen LogP contribution in [0.2, 0.25) is 0 Å². The summed E-state index contributed by atoms with van der Waals surface area (Å²) in [6.07, 6.45) is 2.18. The van der Waals surface area contributed by atoms with Crippen molar-refractivity contribution < 1.29 is 14.3 Å². The van der Waals surface area contributed by atoms with Crippen molar-refractivity contribution in [2.24, 2.45) is 0 Å². The Balaban J connectivity index is 1.93. The predicted molar refractivity (Wildman–Crippen MR) is 82.1 cm³/mol. The fraction of sp³-hybridized carbons (Fsp3) is 0.600. The molecule has 0 spiro atoms. The fourth-order valence-corrected chi connectivity index (χ4v) is 3.41. The maximum absolute atomic E-state index is 11.6. The lowest BCUT2D eigenvalue weighted by Gasteiger charge is -2.33. The summed E-state index contributed by atoms with van der Waals surface area (Å²) < 4.78 is 4.79. The quantitative estimate of drug-likeness (QED) is 0.845. The second-order valence-electron chi connectivity index (χ2n) is 5.30. The molecule has 1 saturated heterocycles. The lowest BCUT2D eigenvalue weighted by molar-refractivity contribution is -0.141. The van der Waals surface area contributed by atoms with E-state index in [-0.39, 0.29) is 17.9 Å². The highest BCUT2D eigenvalue weighted by molar-refractivity contribution is 7.10. The van der Waals surface area contributed by atoms with E-state index in [1.807, 2.05) is 22.4 Å².